The van der Waals surface area contributed by atoms with Crippen molar-refractivity contribution in [1.29, 1.82) is 0 Å². The number of fused-ring (bicyclic) bond motifs is 2. The van der Waals surface area contributed by atoms with Gasteiger partial charge in [0, 0.05) is 35.6 Å². The van der Waals surface area contributed by atoms with Gasteiger partial charge in [-0.05, 0) is 67.1 Å². The van der Waals surface area contributed by atoms with E-state index >= 15 is 0 Å². The minimum absolute atomic E-state index is 0.0749. The molecule has 7 heteroatoms. The van der Waals surface area contributed by atoms with Gasteiger partial charge in [-0.25, -0.2) is 0 Å². The van der Waals surface area contributed by atoms with Crippen molar-refractivity contribution in [2.45, 2.75) is 44.6 Å². The Bertz CT molecular complexity index is 1270. The first-order valence-electron chi connectivity index (χ1n) is 11.4. The van der Waals surface area contributed by atoms with Gasteiger partial charge in [0.1, 0.15) is 5.75 Å². The van der Waals surface area contributed by atoms with Gasteiger partial charge < -0.3 is 9.84 Å². The average Bonchev–Trinajstić information content (AvgIpc) is 3.26. The third-order valence-corrected chi connectivity index (χ3v) is 6.16. The lowest BCUT2D eigenvalue weighted by Gasteiger charge is -2.17. The number of pyridine rings is 2. The lowest BCUT2D eigenvalue weighted by molar-refractivity contribution is -0.137. The maximum absolute atomic E-state index is 11.5. The number of aliphatic carboxylic acids is 1. The van der Waals surface area contributed by atoms with E-state index in [1.165, 1.54) is 24.1 Å². The van der Waals surface area contributed by atoms with Crippen molar-refractivity contribution in [2.24, 2.45) is 0 Å². The Morgan fingerprint density at radius 1 is 1.12 bits per heavy atom. The summed E-state index contributed by atoms with van der Waals surface area (Å²) >= 11 is 0. The molecule has 5 rings (SSSR count). The van der Waals surface area contributed by atoms with Gasteiger partial charge in [0.25, 0.3) is 0 Å². The summed E-state index contributed by atoms with van der Waals surface area (Å²) in [4.78, 5) is 20.5. The van der Waals surface area contributed by atoms with Crippen LogP contribution in [0.25, 0.3) is 10.9 Å². The fourth-order valence-electron chi connectivity index (χ4n) is 4.49. The number of hydrogen-bond donors (Lipinski definition) is 1. The van der Waals surface area contributed by atoms with Crippen molar-refractivity contribution in [1.82, 2.24) is 19.7 Å². The van der Waals surface area contributed by atoms with Crippen molar-refractivity contribution in [3.63, 3.8) is 0 Å². The summed E-state index contributed by atoms with van der Waals surface area (Å²) in [5.41, 5.74) is 5.37. The molecule has 3 heterocycles. The molecule has 0 spiro atoms. The third kappa shape index (κ3) is 4.72. The molecule has 1 atom stereocenters. The van der Waals surface area contributed by atoms with Crippen LogP contribution in [0, 0.1) is 0 Å². The van der Waals surface area contributed by atoms with Crippen molar-refractivity contribution in [2.75, 3.05) is 6.61 Å². The van der Waals surface area contributed by atoms with E-state index in [9.17, 15) is 9.90 Å². The number of benzene rings is 1. The van der Waals surface area contributed by atoms with E-state index in [1.807, 2.05) is 24.3 Å². The first-order valence-corrected chi connectivity index (χ1v) is 11.4. The maximum atomic E-state index is 11.5. The number of nitrogens with zero attached hydrogens (tertiary/aromatic N) is 4. The number of carbonyl (C=O) groups is 1. The first kappa shape index (κ1) is 21.1. The van der Waals surface area contributed by atoms with Gasteiger partial charge in [-0.1, -0.05) is 12.1 Å². The SMILES string of the molecule is O=C(O)CC(c1cccnc1)n1ncc2cc(OCCc3ccc4c(n3)CCCC4)ccc21. The van der Waals surface area contributed by atoms with Crippen molar-refractivity contribution < 1.29 is 14.6 Å². The number of aromatic nitrogens is 4. The molecule has 4 aromatic rings. The van der Waals surface area contributed by atoms with E-state index in [4.69, 9.17) is 9.72 Å². The maximum Gasteiger partial charge on any atom is 0.305 e. The number of rotatable bonds is 8. The Morgan fingerprint density at radius 3 is 2.88 bits per heavy atom. The third-order valence-electron chi connectivity index (χ3n) is 6.16. The molecule has 3 aromatic heterocycles. The summed E-state index contributed by atoms with van der Waals surface area (Å²) in [5.74, 6) is -0.126. The molecule has 1 aliphatic carbocycles. The zero-order valence-corrected chi connectivity index (χ0v) is 18.4. The largest absolute Gasteiger partial charge is 0.493 e. The highest BCUT2D eigenvalue weighted by Gasteiger charge is 2.21. The topological polar surface area (TPSA) is 90.1 Å². The molecular formula is C26H26N4O3. The summed E-state index contributed by atoms with van der Waals surface area (Å²) in [7, 11) is 0. The minimum Gasteiger partial charge on any atom is -0.493 e. The molecule has 0 saturated heterocycles. The highest BCUT2D eigenvalue weighted by Crippen LogP contribution is 2.28. The summed E-state index contributed by atoms with van der Waals surface area (Å²) < 4.78 is 7.75. The average molecular weight is 443 g/mol. The summed E-state index contributed by atoms with van der Waals surface area (Å²) in [6.07, 6.45) is 10.5. The summed E-state index contributed by atoms with van der Waals surface area (Å²) in [5, 5.41) is 14.8. The molecule has 1 aliphatic rings. The van der Waals surface area contributed by atoms with E-state index in [0.717, 1.165) is 47.2 Å². The molecule has 0 radical (unpaired) electrons. The molecule has 0 fully saturated rings. The van der Waals surface area contributed by atoms with Gasteiger partial charge in [-0.2, -0.15) is 5.10 Å². The van der Waals surface area contributed by atoms with Gasteiger partial charge in [-0.15, -0.1) is 0 Å². The highest BCUT2D eigenvalue weighted by molar-refractivity contribution is 5.81. The fourth-order valence-corrected chi connectivity index (χ4v) is 4.49. The number of aryl methyl sites for hydroxylation is 2. The van der Waals surface area contributed by atoms with Crippen LogP contribution >= 0.6 is 0 Å². The van der Waals surface area contributed by atoms with E-state index < -0.39 is 12.0 Å². The Morgan fingerprint density at radius 2 is 2.03 bits per heavy atom. The van der Waals surface area contributed by atoms with Crippen LogP contribution in [0.15, 0.2) is 61.1 Å². The molecule has 0 saturated carbocycles. The number of hydrogen-bond acceptors (Lipinski definition) is 5. The predicted molar refractivity (Wildman–Crippen MR) is 124 cm³/mol. The van der Waals surface area contributed by atoms with Gasteiger partial charge in [-0.3, -0.25) is 19.4 Å². The Kier molecular flexibility index (Phi) is 6.02. The van der Waals surface area contributed by atoms with E-state index in [-0.39, 0.29) is 6.42 Å². The van der Waals surface area contributed by atoms with Crippen molar-refractivity contribution in [3.8, 4) is 5.75 Å². The molecule has 0 bridgehead atoms. The fraction of sp³-hybridized carbons (Fsp3) is 0.308. The lowest BCUT2D eigenvalue weighted by atomic mass is 9.96. The van der Waals surface area contributed by atoms with Crippen LogP contribution < -0.4 is 4.74 Å². The van der Waals surface area contributed by atoms with Crippen LogP contribution in [0.3, 0.4) is 0 Å². The molecule has 1 N–H and O–H groups in total. The smallest absolute Gasteiger partial charge is 0.305 e. The van der Waals surface area contributed by atoms with E-state index in [0.29, 0.717) is 6.61 Å². The van der Waals surface area contributed by atoms with Crippen LogP contribution in [0.2, 0.25) is 0 Å². The molecule has 1 unspecified atom stereocenters. The molecule has 7 nitrogen and oxygen atoms in total. The van der Waals surface area contributed by atoms with Gasteiger partial charge in [0.05, 0.1) is 30.8 Å². The first-order chi connectivity index (χ1) is 16.2. The molecule has 168 valence electrons. The second-order valence-corrected chi connectivity index (χ2v) is 8.42. The Hall–Kier alpha value is -3.74. The molecule has 33 heavy (non-hydrogen) atoms. The number of ether oxygens (including phenoxy) is 1. The monoisotopic (exact) mass is 442 g/mol. The van der Waals surface area contributed by atoms with Gasteiger partial charge >= 0.3 is 5.97 Å². The molecular weight excluding hydrogens is 416 g/mol. The van der Waals surface area contributed by atoms with E-state index in [1.54, 1.807) is 29.3 Å². The molecule has 0 amide bonds. The minimum atomic E-state index is -0.886. The second-order valence-electron chi connectivity index (χ2n) is 8.42. The number of carboxylic acid groups (broad SMARTS) is 1. The van der Waals surface area contributed by atoms with Gasteiger partial charge in [0.15, 0.2) is 0 Å². The molecule has 1 aromatic carbocycles. The summed E-state index contributed by atoms with van der Waals surface area (Å²) in [6.45, 7) is 0.544. The lowest BCUT2D eigenvalue weighted by Crippen LogP contribution is -2.16. The van der Waals surface area contributed by atoms with Gasteiger partial charge in [0.2, 0.25) is 0 Å². The summed E-state index contributed by atoms with van der Waals surface area (Å²) in [6, 6.07) is 13.4. The normalized spacial score (nSPS) is 14.1. The van der Waals surface area contributed by atoms with Crippen molar-refractivity contribution in [3.05, 3.63) is 83.6 Å². The Balaban J connectivity index is 1.30. The number of carboxylic acids is 1. The standard InChI is InChI=1S/C26H26N4O3/c31-26(32)15-25(19-5-3-12-27-16-19)30-24-10-9-22(14-20(24)17-28-30)33-13-11-21-8-7-18-4-1-2-6-23(18)29-21/h3,5,7-10,12,14,16-17,25H,1-2,4,6,11,13,15H2,(H,31,32). The quantitative estimate of drug-likeness (QED) is 0.435. The second kappa shape index (κ2) is 9.40. The van der Waals surface area contributed by atoms with Crippen LogP contribution in [-0.4, -0.2) is 37.4 Å². The highest BCUT2D eigenvalue weighted by atomic mass is 16.5. The Labute approximate surface area is 192 Å². The van der Waals surface area contributed by atoms with Crippen LogP contribution in [0.5, 0.6) is 5.75 Å². The zero-order chi connectivity index (χ0) is 22.6. The van der Waals surface area contributed by atoms with Crippen LogP contribution in [0.4, 0.5) is 0 Å². The van der Waals surface area contributed by atoms with Crippen molar-refractivity contribution >= 4 is 16.9 Å². The zero-order valence-electron chi connectivity index (χ0n) is 18.4. The van der Waals surface area contributed by atoms with Crippen LogP contribution in [-0.2, 0) is 24.1 Å². The van der Waals surface area contributed by atoms with E-state index in [2.05, 4.69) is 22.2 Å². The molecule has 0 aliphatic heterocycles. The van der Waals surface area contributed by atoms with Crippen LogP contribution in [0.1, 0.15) is 47.8 Å². The predicted octanol–water partition coefficient (Wildman–Crippen LogP) is 4.39.